The van der Waals surface area contributed by atoms with Gasteiger partial charge in [-0.15, -0.1) is 11.8 Å². The van der Waals surface area contributed by atoms with Crippen LogP contribution < -0.4 is 10.6 Å². The first-order chi connectivity index (χ1) is 20.8. The number of thioether (sulfide) groups is 1. The Hall–Kier alpha value is -4.40. The van der Waals surface area contributed by atoms with Gasteiger partial charge in [0.25, 0.3) is 5.91 Å². The average molecular weight is 630 g/mol. The molecular weight excluding hydrogens is 594 g/mol. The summed E-state index contributed by atoms with van der Waals surface area (Å²) < 4.78 is 10.1. The monoisotopic (exact) mass is 629 g/mol. The van der Waals surface area contributed by atoms with Crippen molar-refractivity contribution in [2.24, 2.45) is 5.41 Å². The van der Waals surface area contributed by atoms with E-state index >= 15 is 0 Å². The van der Waals surface area contributed by atoms with Crippen LogP contribution in [0.3, 0.4) is 0 Å². The fourth-order valence-electron chi connectivity index (χ4n) is 4.74. The van der Waals surface area contributed by atoms with Crippen LogP contribution in [0.2, 0.25) is 0 Å². The zero-order chi connectivity index (χ0) is 32.3. The molecule has 3 aliphatic rings. The highest BCUT2D eigenvalue weighted by Gasteiger charge is 2.54. The number of hydrogen-bond donors (Lipinski definition) is 2. The molecule has 2 fully saturated rings. The van der Waals surface area contributed by atoms with Gasteiger partial charge in [0, 0.05) is 25.4 Å². The van der Waals surface area contributed by atoms with E-state index < -0.39 is 71.3 Å². The van der Waals surface area contributed by atoms with Crippen LogP contribution in [0.15, 0.2) is 41.6 Å². The number of imide groups is 1. The fraction of sp³-hybridized carbons (Fsp3) is 0.483. The van der Waals surface area contributed by atoms with Crippen molar-refractivity contribution < 1.29 is 43.0 Å². The Balaban J connectivity index is 1.44. The molecular formula is C29H35N5O9S. The average Bonchev–Trinajstić information content (AvgIpc) is 2.99. The molecule has 0 saturated carbocycles. The second-order valence-electron chi connectivity index (χ2n) is 11.4. The second kappa shape index (κ2) is 13.1. The third-order valence-corrected chi connectivity index (χ3v) is 8.67. The molecule has 44 heavy (non-hydrogen) atoms. The van der Waals surface area contributed by atoms with Gasteiger partial charge in [0.15, 0.2) is 0 Å². The van der Waals surface area contributed by atoms with Crippen LogP contribution in [-0.2, 0) is 38.2 Å². The summed E-state index contributed by atoms with van der Waals surface area (Å²) in [6.07, 6.45) is 0. The summed E-state index contributed by atoms with van der Waals surface area (Å²) in [5.74, 6) is -4.14. The number of benzene rings is 1. The molecule has 236 valence electrons. The molecule has 0 aromatic heterocycles. The highest BCUT2D eigenvalue weighted by Crippen LogP contribution is 2.40. The Kier molecular flexibility index (Phi) is 9.66. The summed E-state index contributed by atoms with van der Waals surface area (Å²) in [6.45, 7) is 8.18. The van der Waals surface area contributed by atoms with E-state index in [0.717, 1.165) is 4.90 Å². The molecule has 3 aliphatic heterocycles. The summed E-state index contributed by atoms with van der Waals surface area (Å²) in [7, 11) is 0. The first-order valence-electron chi connectivity index (χ1n) is 14.0. The number of carbonyl (C=O) groups is 7. The molecule has 0 bridgehead atoms. The molecule has 1 aromatic carbocycles. The first kappa shape index (κ1) is 32.5. The van der Waals surface area contributed by atoms with Gasteiger partial charge in [-0.1, -0.05) is 30.3 Å². The van der Waals surface area contributed by atoms with Crippen molar-refractivity contribution >= 4 is 53.4 Å². The maximum atomic E-state index is 13.6. The smallest absolute Gasteiger partial charge is 0.357 e. The number of piperazine rings is 1. The number of likely N-dealkylation sites (N-methyl/N-ethyl adjacent to an activating group) is 1. The molecule has 0 radical (unpaired) electrons. The predicted molar refractivity (Wildman–Crippen MR) is 156 cm³/mol. The minimum atomic E-state index is -1.30. The molecule has 14 nitrogen and oxygen atoms in total. The Morgan fingerprint density at radius 2 is 1.70 bits per heavy atom. The maximum absolute atomic E-state index is 13.6. The number of esters is 2. The molecule has 2 saturated heterocycles. The Labute approximate surface area is 258 Å². The number of hydrogen-bond acceptors (Lipinski definition) is 10. The summed E-state index contributed by atoms with van der Waals surface area (Å²) in [4.78, 5) is 93.0. The lowest BCUT2D eigenvalue weighted by Crippen LogP contribution is -2.71. The van der Waals surface area contributed by atoms with Gasteiger partial charge in [0.05, 0.1) is 5.41 Å². The van der Waals surface area contributed by atoms with E-state index in [2.05, 4.69) is 10.6 Å². The van der Waals surface area contributed by atoms with E-state index in [1.54, 1.807) is 65.0 Å². The molecule has 3 atom stereocenters. The summed E-state index contributed by atoms with van der Waals surface area (Å²) in [5.41, 5.74) is 0.182. The number of carbonyl (C=O) groups excluding carboxylic acids is 7. The van der Waals surface area contributed by atoms with E-state index in [-0.39, 0.29) is 18.8 Å². The van der Waals surface area contributed by atoms with Crippen molar-refractivity contribution in [3.05, 3.63) is 47.2 Å². The van der Waals surface area contributed by atoms with E-state index in [4.69, 9.17) is 9.47 Å². The van der Waals surface area contributed by atoms with Crippen molar-refractivity contribution in [1.29, 1.82) is 0 Å². The van der Waals surface area contributed by atoms with Crippen molar-refractivity contribution in [3.63, 3.8) is 0 Å². The molecule has 0 aliphatic carbocycles. The van der Waals surface area contributed by atoms with E-state index in [1.807, 2.05) is 0 Å². The Morgan fingerprint density at radius 3 is 2.34 bits per heavy atom. The second-order valence-corrected chi connectivity index (χ2v) is 12.5. The van der Waals surface area contributed by atoms with E-state index in [0.29, 0.717) is 23.4 Å². The highest BCUT2D eigenvalue weighted by atomic mass is 32.2. The maximum Gasteiger partial charge on any atom is 0.357 e. The third-order valence-electron chi connectivity index (χ3n) is 7.24. The fourth-order valence-corrected chi connectivity index (χ4v) is 6.03. The van der Waals surface area contributed by atoms with Crippen molar-refractivity contribution in [2.45, 2.75) is 52.1 Å². The van der Waals surface area contributed by atoms with Gasteiger partial charge in [-0.2, -0.15) is 0 Å². The summed E-state index contributed by atoms with van der Waals surface area (Å²) in [5, 5.41) is 4.56. The molecule has 6 amide bonds. The Bertz CT molecular complexity index is 1410. The minimum Gasteiger partial charge on any atom is -0.427 e. The molecule has 2 unspecified atom stereocenters. The number of ether oxygens (including phenoxy) is 2. The quantitative estimate of drug-likeness (QED) is 0.182. The van der Waals surface area contributed by atoms with Crippen molar-refractivity contribution in [1.82, 2.24) is 25.3 Å². The van der Waals surface area contributed by atoms with Crippen LogP contribution in [0.1, 0.15) is 46.2 Å². The molecule has 4 rings (SSSR count). The van der Waals surface area contributed by atoms with Gasteiger partial charge in [0.1, 0.15) is 23.2 Å². The highest BCUT2D eigenvalue weighted by molar-refractivity contribution is 8.00. The summed E-state index contributed by atoms with van der Waals surface area (Å²) in [6, 6.07) is 4.99. The molecule has 15 heteroatoms. The number of amides is 6. The first-order valence-corrected chi connectivity index (χ1v) is 15.1. The van der Waals surface area contributed by atoms with Gasteiger partial charge in [-0.3, -0.25) is 33.8 Å². The van der Waals surface area contributed by atoms with E-state index in [1.165, 1.54) is 21.6 Å². The largest absolute Gasteiger partial charge is 0.427 e. The van der Waals surface area contributed by atoms with E-state index in [9.17, 15) is 33.6 Å². The SMILES string of the molecule is CCN1CCN(C(=O)NC(C(=O)NC2C(=O)N3C(C(=O)OCOC(=O)C(C)(C)C)=C(C)CS[C@H]23)c2ccccc2)C(=O)C1=O. The number of nitrogens with zero attached hydrogens (tertiary/aromatic N) is 3. The zero-order valence-corrected chi connectivity index (χ0v) is 25.9. The molecule has 3 heterocycles. The lowest BCUT2D eigenvalue weighted by molar-refractivity contribution is -0.173. The molecule has 2 N–H and O–H groups in total. The molecule has 0 spiro atoms. The number of fused-ring (bicyclic) bond motifs is 1. The number of β-lactam (4-membered cyclic amide) rings is 1. The van der Waals surface area contributed by atoms with Crippen LogP contribution >= 0.6 is 11.8 Å². The van der Waals surface area contributed by atoms with Crippen molar-refractivity contribution in [2.75, 3.05) is 32.2 Å². The van der Waals surface area contributed by atoms with Gasteiger partial charge < -0.3 is 25.0 Å². The number of urea groups is 1. The third kappa shape index (κ3) is 6.56. The van der Waals surface area contributed by atoms with Crippen LogP contribution in [0.25, 0.3) is 0 Å². The topological polar surface area (TPSA) is 172 Å². The van der Waals surface area contributed by atoms with Gasteiger partial charge in [-0.25, -0.2) is 9.59 Å². The summed E-state index contributed by atoms with van der Waals surface area (Å²) >= 11 is 1.33. The lowest BCUT2D eigenvalue weighted by atomic mass is 9.98. The van der Waals surface area contributed by atoms with Gasteiger partial charge >= 0.3 is 29.8 Å². The van der Waals surface area contributed by atoms with Crippen molar-refractivity contribution in [3.8, 4) is 0 Å². The van der Waals surface area contributed by atoms with Gasteiger partial charge in [-0.05, 0) is 45.8 Å². The lowest BCUT2D eigenvalue weighted by Gasteiger charge is -2.49. The van der Waals surface area contributed by atoms with Crippen LogP contribution in [-0.4, -0.2) is 99.9 Å². The van der Waals surface area contributed by atoms with Crippen LogP contribution in [0, 0.1) is 5.41 Å². The number of nitrogens with one attached hydrogen (secondary N) is 2. The normalized spacial score (nSPS) is 20.8. The Morgan fingerprint density at radius 1 is 1.02 bits per heavy atom. The minimum absolute atomic E-state index is 0.0124. The van der Waals surface area contributed by atoms with Crippen LogP contribution in [0.4, 0.5) is 4.79 Å². The predicted octanol–water partition coefficient (Wildman–Crippen LogP) is 0.892. The molecule has 1 aromatic rings. The van der Waals surface area contributed by atoms with Crippen LogP contribution in [0.5, 0.6) is 0 Å². The number of rotatable bonds is 8. The zero-order valence-electron chi connectivity index (χ0n) is 25.1. The standard InChI is InChI=1S/C29H35N5O9S/c1-6-32-12-13-33(24(38)23(32)37)28(41)31-18(17-10-8-7-9-11-17)21(35)30-19-22(36)34-20(16(2)14-44-25(19)34)26(39)42-15-43-27(40)29(3,4)5/h7-11,18-19,25H,6,12-15H2,1-5H3,(H,30,35)(H,31,41)/t18?,19?,25-/m1/s1. The van der Waals surface area contributed by atoms with Gasteiger partial charge in [0.2, 0.25) is 12.7 Å².